The first kappa shape index (κ1) is 12.2. The summed E-state index contributed by atoms with van der Waals surface area (Å²) in [5.74, 6) is -0.830. The highest BCUT2D eigenvalue weighted by atomic mass is 16.5. The van der Waals surface area contributed by atoms with Crippen molar-refractivity contribution in [3.63, 3.8) is 0 Å². The fraction of sp³-hybridized carbons (Fsp3) is 0.500. The van der Waals surface area contributed by atoms with Gasteiger partial charge in [0.05, 0.1) is 19.6 Å². The standard InChI is InChI=1S/C10H15N3O3/c1-7(10(15)16-3)6-13-5-4-8(12-13)9(14)11-2/h4-5,7H,6H2,1-3H3,(H,11,14). The predicted octanol–water partition coefficient (Wildman–Crippen LogP) is 0.0518. The number of hydrogen-bond donors (Lipinski definition) is 1. The largest absolute Gasteiger partial charge is 0.469 e. The van der Waals surface area contributed by atoms with E-state index in [0.717, 1.165) is 0 Å². The van der Waals surface area contributed by atoms with E-state index in [2.05, 4.69) is 15.2 Å². The Morgan fingerprint density at radius 1 is 1.62 bits per heavy atom. The molecule has 0 fully saturated rings. The van der Waals surface area contributed by atoms with Gasteiger partial charge in [-0.05, 0) is 6.07 Å². The summed E-state index contributed by atoms with van der Waals surface area (Å²) >= 11 is 0. The van der Waals surface area contributed by atoms with Crippen LogP contribution >= 0.6 is 0 Å². The lowest BCUT2D eigenvalue weighted by atomic mass is 10.2. The van der Waals surface area contributed by atoms with Crippen LogP contribution in [0.2, 0.25) is 0 Å². The topological polar surface area (TPSA) is 73.2 Å². The van der Waals surface area contributed by atoms with Crippen LogP contribution in [-0.4, -0.2) is 35.8 Å². The van der Waals surface area contributed by atoms with Gasteiger partial charge in [0.15, 0.2) is 0 Å². The maximum Gasteiger partial charge on any atom is 0.310 e. The molecule has 6 nitrogen and oxygen atoms in total. The van der Waals surface area contributed by atoms with E-state index in [9.17, 15) is 9.59 Å². The molecule has 1 atom stereocenters. The first-order valence-corrected chi connectivity index (χ1v) is 4.91. The van der Waals surface area contributed by atoms with Gasteiger partial charge in [0.2, 0.25) is 0 Å². The number of esters is 1. The van der Waals surface area contributed by atoms with Crippen LogP contribution in [-0.2, 0) is 16.1 Å². The summed E-state index contributed by atoms with van der Waals surface area (Å²) in [6.07, 6.45) is 1.66. The van der Waals surface area contributed by atoms with E-state index in [1.807, 2.05) is 0 Å². The molecule has 1 heterocycles. The zero-order valence-corrected chi connectivity index (χ0v) is 9.56. The predicted molar refractivity (Wildman–Crippen MR) is 56.8 cm³/mol. The van der Waals surface area contributed by atoms with Gasteiger partial charge in [0.25, 0.3) is 5.91 Å². The molecule has 0 saturated carbocycles. The molecule has 1 unspecified atom stereocenters. The Balaban J connectivity index is 2.65. The summed E-state index contributed by atoms with van der Waals surface area (Å²) in [6.45, 7) is 2.14. The van der Waals surface area contributed by atoms with Gasteiger partial charge in [-0.3, -0.25) is 14.3 Å². The van der Waals surface area contributed by atoms with Gasteiger partial charge >= 0.3 is 5.97 Å². The molecule has 1 aromatic rings. The van der Waals surface area contributed by atoms with E-state index in [-0.39, 0.29) is 17.8 Å². The zero-order chi connectivity index (χ0) is 12.1. The van der Waals surface area contributed by atoms with Gasteiger partial charge in [0.1, 0.15) is 5.69 Å². The molecule has 1 N–H and O–H groups in total. The molecule has 1 amide bonds. The highest BCUT2D eigenvalue weighted by molar-refractivity contribution is 5.91. The minimum Gasteiger partial charge on any atom is -0.469 e. The van der Waals surface area contributed by atoms with Crippen molar-refractivity contribution in [3.8, 4) is 0 Å². The van der Waals surface area contributed by atoms with Gasteiger partial charge in [-0.15, -0.1) is 0 Å². The molecule has 0 bridgehead atoms. The third kappa shape index (κ3) is 2.82. The molecule has 0 radical (unpaired) electrons. The Morgan fingerprint density at radius 3 is 2.88 bits per heavy atom. The molecule has 88 valence electrons. The molecule has 0 aliphatic carbocycles. The van der Waals surface area contributed by atoms with Crippen molar-refractivity contribution in [2.75, 3.05) is 14.2 Å². The number of carbonyl (C=O) groups is 2. The number of methoxy groups -OCH3 is 1. The second-order valence-corrected chi connectivity index (χ2v) is 3.43. The summed E-state index contributed by atoms with van der Waals surface area (Å²) < 4.78 is 6.15. The number of ether oxygens (including phenoxy) is 1. The summed E-state index contributed by atoms with van der Waals surface area (Å²) in [4.78, 5) is 22.4. The second-order valence-electron chi connectivity index (χ2n) is 3.43. The molecule has 0 aliphatic rings. The summed E-state index contributed by atoms with van der Waals surface area (Å²) in [5, 5.41) is 6.51. The minimum atomic E-state index is -0.294. The van der Waals surface area contributed by atoms with Crippen LogP contribution < -0.4 is 5.32 Å². The van der Waals surface area contributed by atoms with Crippen molar-refractivity contribution in [3.05, 3.63) is 18.0 Å². The van der Waals surface area contributed by atoms with Crippen molar-refractivity contribution in [1.29, 1.82) is 0 Å². The quantitative estimate of drug-likeness (QED) is 0.735. The van der Waals surface area contributed by atoms with Gasteiger partial charge in [-0.25, -0.2) is 0 Å². The smallest absolute Gasteiger partial charge is 0.310 e. The molecule has 0 aliphatic heterocycles. The second kappa shape index (κ2) is 5.29. The van der Waals surface area contributed by atoms with E-state index in [1.165, 1.54) is 7.11 Å². The number of hydrogen-bond acceptors (Lipinski definition) is 4. The molecular weight excluding hydrogens is 210 g/mol. The number of aromatic nitrogens is 2. The monoisotopic (exact) mass is 225 g/mol. The fourth-order valence-electron chi connectivity index (χ4n) is 1.27. The number of nitrogens with one attached hydrogen (secondary N) is 1. The van der Waals surface area contributed by atoms with Crippen LogP contribution in [0.4, 0.5) is 0 Å². The number of amides is 1. The van der Waals surface area contributed by atoms with E-state index in [1.54, 1.807) is 30.9 Å². The van der Waals surface area contributed by atoms with Crippen molar-refractivity contribution in [2.24, 2.45) is 5.92 Å². The molecule has 0 saturated heterocycles. The van der Waals surface area contributed by atoms with Gasteiger partial charge in [-0.2, -0.15) is 5.10 Å². The van der Waals surface area contributed by atoms with Crippen molar-refractivity contribution in [2.45, 2.75) is 13.5 Å². The molecule has 16 heavy (non-hydrogen) atoms. The lowest BCUT2D eigenvalue weighted by Crippen LogP contribution is -2.21. The van der Waals surface area contributed by atoms with Crippen LogP contribution in [0.1, 0.15) is 17.4 Å². The average Bonchev–Trinajstić information content (AvgIpc) is 2.75. The Hall–Kier alpha value is -1.85. The van der Waals surface area contributed by atoms with Crippen LogP contribution in [0.3, 0.4) is 0 Å². The third-order valence-electron chi connectivity index (χ3n) is 2.16. The van der Waals surface area contributed by atoms with Crippen LogP contribution in [0.25, 0.3) is 0 Å². The van der Waals surface area contributed by atoms with Crippen molar-refractivity contribution >= 4 is 11.9 Å². The lowest BCUT2D eigenvalue weighted by molar-refractivity contribution is -0.145. The van der Waals surface area contributed by atoms with Crippen molar-refractivity contribution in [1.82, 2.24) is 15.1 Å². The Kier molecular flexibility index (Phi) is 4.04. The molecule has 1 aromatic heterocycles. The maximum atomic E-state index is 11.2. The van der Waals surface area contributed by atoms with Crippen LogP contribution in [0.5, 0.6) is 0 Å². The van der Waals surface area contributed by atoms with E-state index in [0.29, 0.717) is 12.2 Å². The highest BCUT2D eigenvalue weighted by Crippen LogP contribution is 2.03. The number of rotatable bonds is 4. The maximum absolute atomic E-state index is 11.2. The number of carbonyl (C=O) groups excluding carboxylic acids is 2. The molecule has 1 rings (SSSR count). The summed E-state index contributed by atoms with van der Waals surface area (Å²) in [7, 11) is 2.89. The molecule has 6 heteroatoms. The Labute approximate surface area is 93.6 Å². The van der Waals surface area contributed by atoms with E-state index < -0.39 is 0 Å². The lowest BCUT2D eigenvalue weighted by Gasteiger charge is -2.08. The van der Waals surface area contributed by atoms with Crippen molar-refractivity contribution < 1.29 is 14.3 Å². The zero-order valence-electron chi connectivity index (χ0n) is 9.56. The fourth-order valence-corrected chi connectivity index (χ4v) is 1.27. The Morgan fingerprint density at radius 2 is 2.31 bits per heavy atom. The summed E-state index contributed by atoms with van der Waals surface area (Å²) in [5.41, 5.74) is 0.333. The summed E-state index contributed by atoms with van der Waals surface area (Å²) in [6, 6.07) is 1.60. The normalized spacial score (nSPS) is 11.9. The minimum absolute atomic E-state index is 0.246. The third-order valence-corrected chi connectivity index (χ3v) is 2.16. The molecule has 0 aromatic carbocycles. The van der Waals surface area contributed by atoms with Gasteiger partial charge < -0.3 is 10.1 Å². The van der Waals surface area contributed by atoms with E-state index >= 15 is 0 Å². The Bertz CT molecular complexity index is 386. The molecular formula is C10H15N3O3. The SMILES string of the molecule is CNC(=O)c1ccn(CC(C)C(=O)OC)n1. The highest BCUT2D eigenvalue weighted by Gasteiger charge is 2.15. The van der Waals surface area contributed by atoms with Crippen LogP contribution in [0.15, 0.2) is 12.3 Å². The van der Waals surface area contributed by atoms with Gasteiger partial charge in [-0.1, -0.05) is 6.92 Å². The van der Waals surface area contributed by atoms with Crippen LogP contribution in [0, 0.1) is 5.92 Å². The first-order chi connectivity index (χ1) is 7.58. The van der Waals surface area contributed by atoms with Gasteiger partial charge in [0, 0.05) is 13.2 Å². The average molecular weight is 225 g/mol. The first-order valence-electron chi connectivity index (χ1n) is 4.91. The molecule has 0 spiro atoms. The van der Waals surface area contributed by atoms with E-state index in [4.69, 9.17) is 0 Å². The number of nitrogens with zero attached hydrogens (tertiary/aromatic N) is 2.